The monoisotopic (exact) mass is 382 g/mol. The van der Waals surface area contributed by atoms with Gasteiger partial charge in [0.1, 0.15) is 22.7 Å². The van der Waals surface area contributed by atoms with E-state index in [2.05, 4.69) is 20.6 Å². The third kappa shape index (κ3) is 3.73. The fraction of sp³-hybridized carbons (Fsp3) is 0.350. The van der Waals surface area contributed by atoms with E-state index < -0.39 is 0 Å². The SMILES string of the molecule is COc1ccc(C(=O)NCCNc2ncnc3sc4c(c23)CCCC4)cc1. The number of nitrogens with zero attached hydrogens (tertiary/aromatic N) is 2. The van der Waals surface area contributed by atoms with Crippen LogP contribution in [0.2, 0.25) is 0 Å². The van der Waals surface area contributed by atoms with Crippen LogP contribution < -0.4 is 15.4 Å². The molecule has 1 aliphatic rings. The first kappa shape index (κ1) is 17.7. The quantitative estimate of drug-likeness (QED) is 0.639. The average molecular weight is 382 g/mol. The summed E-state index contributed by atoms with van der Waals surface area (Å²) in [6.45, 7) is 1.13. The Morgan fingerprint density at radius 1 is 1.15 bits per heavy atom. The molecular formula is C20H22N4O2S. The van der Waals surface area contributed by atoms with Crippen molar-refractivity contribution in [2.24, 2.45) is 0 Å². The van der Waals surface area contributed by atoms with E-state index in [1.165, 1.54) is 28.7 Å². The number of methoxy groups -OCH3 is 1. The fourth-order valence-electron chi connectivity index (χ4n) is 3.43. The molecule has 3 aromatic rings. The molecule has 6 nitrogen and oxygen atoms in total. The summed E-state index contributed by atoms with van der Waals surface area (Å²) in [7, 11) is 1.61. The van der Waals surface area contributed by atoms with Gasteiger partial charge < -0.3 is 15.4 Å². The molecule has 0 saturated carbocycles. The summed E-state index contributed by atoms with van der Waals surface area (Å²) >= 11 is 1.79. The molecule has 1 amide bonds. The summed E-state index contributed by atoms with van der Waals surface area (Å²) in [5.74, 6) is 1.51. The van der Waals surface area contributed by atoms with Gasteiger partial charge in [0.25, 0.3) is 5.91 Å². The molecule has 0 bridgehead atoms. The summed E-state index contributed by atoms with van der Waals surface area (Å²) in [5.41, 5.74) is 2.03. The van der Waals surface area contributed by atoms with Crippen molar-refractivity contribution in [3.8, 4) is 5.75 Å². The van der Waals surface area contributed by atoms with E-state index in [1.54, 1.807) is 49.0 Å². The van der Waals surface area contributed by atoms with Crippen LogP contribution in [0.1, 0.15) is 33.6 Å². The zero-order chi connectivity index (χ0) is 18.6. The second-order valence-corrected chi connectivity index (χ2v) is 7.61. The molecule has 1 aromatic carbocycles. The normalized spacial score (nSPS) is 13.2. The van der Waals surface area contributed by atoms with Crippen LogP contribution in [0.4, 0.5) is 5.82 Å². The van der Waals surface area contributed by atoms with E-state index in [0.717, 1.165) is 29.2 Å². The highest BCUT2D eigenvalue weighted by Gasteiger charge is 2.19. The van der Waals surface area contributed by atoms with Crippen molar-refractivity contribution in [1.29, 1.82) is 0 Å². The molecule has 7 heteroatoms. The van der Waals surface area contributed by atoms with E-state index in [4.69, 9.17) is 4.74 Å². The van der Waals surface area contributed by atoms with Gasteiger partial charge in [0.2, 0.25) is 0 Å². The number of hydrogen-bond acceptors (Lipinski definition) is 6. The largest absolute Gasteiger partial charge is 0.497 e. The van der Waals surface area contributed by atoms with Gasteiger partial charge in [0, 0.05) is 23.5 Å². The first-order valence-corrected chi connectivity index (χ1v) is 9.99. The van der Waals surface area contributed by atoms with Gasteiger partial charge in [-0.05, 0) is 55.5 Å². The minimum atomic E-state index is -0.0970. The van der Waals surface area contributed by atoms with Gasteiger partial charge in [-0.15, -0.1) is 11.3 Å². The lowest BCUT2D eigenvalue weighted by molar-refractivity contribution is 0.0955. The summed E-state index contributed by atoms with van der Waals surface area (Å²) in [5, 5.41) is 7.46. The molecule has 2 heterocycles. The van der Waals surface area contributed by atoms with Gasteiger partial charge in [0.15, 0.2) is 0 Å². The van der Waals surface area contributed by atoms with E-state index in [9.17, 15) is 4.79 Å². The van der Waals surface area contributed by atoms with Crippen LogP contribution in [0.5, 0.6) is 5.75 Å². The predicted octanol–water partition coefficient (Wildman–Crippen LogP) is 3.42. The number of nitrogens with one attached hydrogen (secondary N) is 2. The molecule has 1 aliphatic carbocycles. The van der Waals surface area contributed by atoms with Crippen LogP contribution in [-0.2, 0) is 12.8 Å². The molecule has 140 valence electrons. The molecule has 27 heavy (non-hydrogen) atoms. The molecule has 0 unspecified atom stereocenters. The lowest BCUT2D eigenvalue weighted by atomic mass is 9.97. The highest BCUT2D eigenvalue weighted by Crippen LogP contribution is 2.37. The number of carbonyl (C=O) groups is 1. The standard InChI is InChI=1S/C20H22N4O2S/c1-26-14-8-6-13(7-9-14)19(25)22-11-10-21-18-17-15-4-2-3-5-16(15)27-20(17)24-12-23-18/h6-9,12H,2-5,10-11H2,1H3,(H,22,25)(H,21,23,24). The molecule has 0 aliphatic heterocycles. The van der Waals surface area contributed by atoms with E-state index in [1.807, 2.05) is 0 Å². The number of fused-ring (bicyclic) bond motifs is 3. The number of aromatic nitrogens is 2. The van der Waals surface area contributed by atoms with Crippen molar-refractivity contribution in [2.45, 2.75) is 25.7 Å². The number of amides is 1. The minimum Gasteiger partial charge on any atom is -0.497 e. The van der Waals surface area contributed by atoms with Crippen molar-refractivity contribution >= 4 is 33.3 Å². The molecule has 0 fully saturated rings. The maximum atomic E-state index is 12.2. The molecule has 0 atom stereocenters. The van der Waals surface area contributed by atoms with Gasteiger partial charge in [-0.1, -0.05) is 0 Å². The second-order valence-electron chi connectivity index (χ2n) is 6.52. The second kappa shape index (κ2) is 7.92. The van der Waals surface area contributed by atoms with Gasteiger partial charge in [-0.2, -0.15) is 0 Å². The Labute approximate surface area is 162 Å². The first-order valence-electron chi connectivity index (χ1n) is 9.17. The highest BCUT2D eigenvalue weighted by atomic mass is 32.1. The van der Waals surface area contributed by atoms with Crippen molar-refractivity contribution in [2.75, 3.05) is 25.5 Å². The third-order valence-corrected chi connectivity index (χ3v) is 6.01. The van der Waals surface area contributed by atoms with Crippen LogP contribution in [-0.4, -0.2) is 36.1 Å². The number of benzene rings is 1. The third-order valence-electron chi connectivity index (χ3n) is 4.81. The predicted molar refractivity (Wildman–Crippen MR) is 108 cm³/mol. The smallest absolute Gasteiger partial charge is 0.251 e. The van der Waals surface area contributed by atoms with E-state index >= 15 is 0 Å². The highest BCUT2D eigenvalue weighted by molar-refractivity contribution is 7.19. The van der Waals surface area contributed by atoms with Crippen molar-refractivity contribution in [3.63, 3.8) is 0 Å². The Morgan fingerprint density at radius 3 is 2.78 bits per heavy atom. The molecular weight excluding hydrogens is 360 g/mol. The Kier molecular flexibility index (Phi) is 5.20. The maximum Gasteiger partial charge on any atom is 0.251 e. The fourth-order valence-corrected chi connectivity index (χ4v) is 4.65. The number of thiophene rings is 1. The molecule has 0 saturated heterocycles. The zero-order valence-corrected chi connectivity index (χ0v) is 16.1. The number of anilines is 1. The Bertz CT molecular complexity index is 953. The molecule has 0 radical (unpaired) electrons. The van der Waals surface area contributed by atoms with Crippen molar-refractivity contribution < 1.29 is 9.53 Å². The van der Waals surface area contributed by atoms with Crippen LogP contribution in [0.3, 0.4) is 0 Å². The van der Waals surface area contributed by atoms with Crippen LogP contribution >= 0.6 is 11.3 Å². The van der Waals surface area contributed by atoms with Crippen molar-refractivity contribution in [1.82, 2.24) is 15.3 Å². The zero-order valence-electron chi connectivity index (χ0n) is 15.2. The van der Waals surface area contributed by atoms with Crippen LogP contribution in [0.25, 0.3) is 10.2 Å². The molecule has 2 N–H and O–H groups in total. The lowest BCUT2D eigenvalue weighted by Gasteiger charge is -2.12. The number of ether oxygens (including phenoxy) is 1. The summed E-state index contributed by atoms with van der Waals surface area (Å²) < 4.78 is 5.11. The summed E-state index contributed by atoms with van der Waals surface area (Å²) in [6, 6.07) is 7.08. The van der Waals surface area contributed by atoms with Crippen LogP contribution in [0, 0.1) is 0 Å². The van der Waals surface area contributed by atoms with Gasteiger partial charge >= 0.3 is 0 Å². The summed E-state index contributed by atoms with van der Waals surface area (Å²) in [6.07, 6.45) is 6.35. The van der Waals surface area contributed by atoms with Gasteiger partial charge in [-0.3, -0.25) is 4.79 Å². The van der Waals surface area contributed by atoms with Gasteiger partial charge in [0.05, 0.1) is 12.5 Å². The topological polar surface area (TPSA) is 76.1 Å². The lowest BCUT2D eigenvalue weighted by Crippen LogP contribution is -2.28. The van der Waals surface area contributed by atoms with Crippen LogP contribution in [0.15, 0.2) is 30.6 Å². The van der Waals surface area contributed by atoms with Gasteiger partial charge in [-0.25, -0.2) is 9.97 Å². The minimum absolute atomic E-state index is 0.0970. The number of hydrogen-bond donors (Lipinski definition) is 2. The molecule has 0 spiro atoms. The molecule has 2 aromatic heterocycles. The Hall–Kier alpha value is -2.67. The Morgan fingerprint density at radius 2 is 1.96 bits per heavy atom. The average Bonchev–Trinajstić information content (AvgIpc) is 3.10. The Balaban J connectivity index is 1.38. The van der Waals surface area contributed by atoms with E-state index in [-0.39, 0.29) is 5.91 Å². The maximum absolute atomic E-state index is 12.2. The number of aryl methyl sites for hydroxylation is 2. The van der Waals surface area contributed by atoms with Crippen molar-refractivity contribution in [3.05, 3.63) is 46.6 Å². The van der Waals surface area contributed by atoms with E-state index in [0.29, 0.717) is 18.7 Å². The number of rotatable bonds is 6. The number of carbonyl (C=O) groups excluding carboxylic acids is 1. The summed E-state index contributed by atoms with van der Waals surface area (Å²) in [4.78, 5) is 23.6. The molecule has 4 rings (SSSR count). The first-order chi connectivity index (χ1) is 13.3.